The van der Waals surface area contributed by atoms with Crippen LogP contribution in [0, 0.1) is 9.39 Å². The summed E-state index contributed by atoms with van der Waals surface area (Å²) in [5, 5.41) is 3.31. The van der Waals surface area contributed by atoms with Crippen molar-refractivity contribution in [3.8, 4) is 5.75 Å². The molecule has 0 aliphatic carbocycles. The summed E-state index contributed by atoms with van der Waals surface area (Å²) < 4.78 is 20.3. The molecule has 0 radical (unpaired) electrons. The van der Waals surface area contributed by atoms with Crippen LogP contribution in [0.3, 0.4) is 0 Å². The van der Waals surface area contributed by atoms with Gasteiger partial charge in [-0.25, -0.2) is 4.39 Å². The Labute approximate surface area is 126 Å². The summed E-state index contributed by atoms with van der Waals surface area (Å²) in [6, 6.07) is 12.6. The monoisotopic (exact) mass is 371 g/mol. The van der Waals surface area contributed by atoms with Crippen molar-refractivity contribution in [1.29, 1.82) is 0 Å². The Kier molecular flexibility index (Phi) is 4.63. The van der Waals surface area contributed by atoms with Gasteiger partial charge in [0.2, 0.25) is 0 Å². The summed E-state index contributed by atoms with van der Waals surface area (Å²) in [5.74, 6) is 0.302. The maximum atomic E-state index is 14.0. The number of hydrogen-bond acceptors (Lipinski definition) is 2. The van der Waals surface area contributed by atoms with Crippen LogP contribution >= 0.6 is 22.6 Å². The van der Waals surface area contributed by atoms with E-state index in [-0.39, 0.29) is 11.9 Å². The lowest BCUT2D eigenvalue weighted by Gasteiger charge is -2.19. The zero-order valence-corrected chi connectivity index (χ0v) is 12.9. The van der Waals surface area contributed by atoms with Gasteiger partial charge >= 0.3 is 0 Å². The van der Waals surface area contributed by atoms with Crippen LogP contribution in [0.25, 0.3) is 0 Å². The highest BCUT2D eigenvalue weighted by atomic mass is 127. The number of anilines is 1. The van der Waals surface area contributed by atoms with Gasteiger partial charge in [0.1, 0.15) is 11.6 Å². The molecule has 0 bridgehead atoms. The normalized spacial score (nSPS) is 12.0. The van der Waals surface area contributed by atoms with Gasteiger partial charge < -0.3 is 10.1 Å². The average Bonchev–Trinajstić information content (AvgIpc) is 2.40. The predicted octanol–water partition coefficient (Wildman–Crippen LogP) is 4.61. The number of rotatable bonds is 4. The van der Waals surface area contributed by atoms with Gasteiger partial charge in [0.25, 0.3) is 0 Å². The van der Waals surface area contributed by atoms with Crippen LogP contribution in [0.1, 0.15) is 18.5 Å². The van der Waals surface area contributed by atoms with Gasteiger partial charge in [0.05, 0.1) is 18.7 Å². The van der Waals surface area contributed by atoms with E-state index in [1.165, 1.54) is 6.07 Å². The molecule has 0 aliphatic rings. The fraction of sp³-hybridized carbons (Fsp3) is 0.200. The van der Waals surface area contributed by atoms with Gasteiger partial charge in [-0.15, -0.1) is 0 Å². The Morgan fingerprint density at radius 2 is 1.89 bits per heavy atom. The number of benzene rings is 2. The molecule has 0 aromatic heterocycles. The molecule has 2 nitrogen and oxygen atoms in total. The average molecular weight is 371 g/mol. The van der Waals surface area contributed by atoms with Gasteiger partial charge in [0.15, 0.2) is 0 Å². The van der Waals surface area contributed by atoms with E-state index < -0.39 is 0 Å². The van der Waals surface area contributed by atoms with Gasteiger partial charge in [-0.2, -0.15) is 0 Å². The number of para-hydroxylation sites is 1. The molecule has 0 fully saturated rings. The summed E-state index contributed by atoms with van der Waals surface area (Å²) in [6.07, 6.45) is 0. The molecule has 0 amide bonds. The number of ether oxygens (including phenoxy) is 1. The van der Waals surface area contributed by atoms with Crippen molar-refractivity contribution in [2.24, 2.45) is 0 Å². The first kappa shape index (κ1) is 14.1. The van der Waals surface area contributed by atoms with Crippen LogP contribution in [-0.4, -0.2) is 7.11 Å². The van der Waals surface area contributed by atoms with Crippen molar-refractivity contribution in [2.75, 3.05) is 12.4 Å². The van der Waals surface area contributed by atoms with E-state index in [9.17, 15) is 4.39 Å². The lowest BCUT2D eigenvalue weighted by atomic mass is 10.1. The van der Waals surface area contributed by atoms with E-state index in [1.54, 1.807) is 19.2 Å². The standard InChI is InChI=1S/C15H15FINO/c1-10(18-13-8-4-3-7-12(13)17)15-11(16)6-5-9-14(15)19-2/h3-10,18H,1-2H3. The molecule has 100 valence electrons. The fourth-order valence-corrected chi connectivity index (χ4v) is 2.54. The van der Waals surface area contributed by atoms with E-state index in [2.05, 4.69) is 27.9 Å². The van der Waals surface area contributed by atoms with E-state index >= 15 is 0 Å². The maximum absolute atomic E-state index is 14.0. The number of nitrogens with one attached hydrogen (secondary N) is 1. The van der Waals surface area contributed by atoms with Crippen molar-refractivity contribution in [3.63, 3.8) is 0 Å². The zero-order chi connectivity index (χ0) is 13.8. The van der Waals surface area contributed by atoms with Gasteiger partial charge in [0, 0.05) is 9.26 Å². The molecule has 0 heterocycles. The summed E-state index contributed by atoms with van der Waals surface area (Å²) in [4.78, 5) is 0. The Balaban J connectivity index is 2.30. The topological polar surface area (TPSA) is 21.3 Å². The van der Waals surface area contributed by atoms with Crippen molar-refractivity contribution >= 4 is 28.3 Å². The molecular formula is C15H15FINO. The van der Waals surface area contributed by atoms with Crippen molar-refractivity contribution < 1.29 is 9.13 Å². The van der Waals surface area contributed by atoms with Crippen LogP contribution in [0.2, 0.25) is 0 Å². The minimum atomic E-state index is -0.259. The minimum Gasteiger partial charge on any atom is -0.496 e. The molecule has 4 heteroatoms. The highest BCUT2D eigenvalue weighted by Crippen LogP contribution is 2.31. The summed E-state index contributed by atoms with van der Waals surface area (Å²) in [5.41, 5.74) is 1.53. The van der Waals surface area contributed by atoms with Crippen LogP contribution in [0.4, 0.5) is 10.1 Å². The zero-order valence-electron chi connectivity index (χ0n) is 10.8. The molecular weight excluding hydrogens is 356 g/mol. The molecule has 1 unspecified atom stereocenters. The largest absolute Gasteiger partial charge is 0.496 e. The predicted molar refractivity (Wildman–Crippen MR) is 84.1 cm³/mol. The lowest BCUT2D eigenvalue weighted by Crippen LogP contribution is -2.11. The van der Waals surface area contributed by atoms with Crippen molar-refractivity contribution in [2.45, 2.75) is 13.0 Å². The summed E-state index contributed by atoms with van der Waals surface area (Å²) >= 11 is 2.25. The maximum Gasteiger partial charge on any atom is 0.132 e. The first-order chi connectivity index (χ1) is 9.13. The summed E-state index contributed by atoms with van der Waals surface area (Å²) in [6.45, 7) is 1.92. The third kappa shape index (κ3) is 3.18. The molecule has 2 rings (SSSR count). The fourth-order valence-electron chi connectivity index (χ4n) is 2.00. The molecule has 19 heavy (non-hydrogen) atoms. The van der Waals surface area contributed by atoms with Gasteiger partial charge in [-0.05, 0) is 53.8 Å². The Hall–Kier alpha value is -1.30. The molecule has 0 saturated heterocycles. The first-order valence-electron chi connectivity index (χ1n) is 5.97. The minimum absolute atomic E-state index is 0.174. The number of hydrogen-bond donors (Lipinski definition) is 1. The summed E-state index contributed by atoms with van der Waals surface area (Å²) in [7, 11) is 1.55. The van der Waals surface area contributed by atoms with E-state index in [1.807, 2.05) is 31.2 Å². The smallest absolute Gasteiger partial charge is 0.132 e. The molecule has 0 aliphatic heterocycles. The van der Waals surface area contributed by atoms with Crippen LogP contribution < -0.4 is 10.1 Å². The second kappa shape index (κ2) is 6.23. The molecule has 2 aromatic carbocycles. The van der Waals surface area contributed by atoms with E-state index in [0.29, 0.717) is 11.3 Å². The SMILES string of the molecule is COc1cccc(F)c1C(C)Nc1ccccc1I. The molecule has 0 spiro atoms. The van der Waals surface area contributed by atoms with E-state index in [0.717, 1.165) is 9.26 Å². The molecule has 1 N–H and O–H groups in total. The van der Waals surface area contributed by atoms with Crippen LogP contribution in [0.5, 0.6) is 5.75 Å². The molecule has 2 aromatic rings. The quantitative estimate of drug-likeness (QED) is 0.793. The number of halogens is 2. The Bertz CT molecular complexity index is 574. The van der Waals surface area contributed by atoms with Crippen LogP contribution in [0.15, 0.2) is 42.5 Å². The van der Waals surface area contributed by atoms with Gasteiger partial charge in [-0.3, -0.25) is 0 Å². The second-order valence-electron chi connectivity index (χ2n) is 4.20. The van der Waals surface area contributed by atoms with Crippen LogP contribution in [-0.2, 0) is 0 Å². The van der Waals surface area contributed by atoms with Crippen molar-refractivity contribution in [3.05, 3.63) is 57.4 Å². The third-order valence-electron chi connectivity index (χ3n) is 2.91. The highest BCUT2D eigenvalue weighted by molar-refractivity contribution is 14.1. The Morgan fingerprint density at radius 1 is 1.16 bits per heavy atom. The van der Waals surface area contributed by atoms with Crippen molar-refractivity contribution in [1.82, 2.24) is 0 Å². The van der Waals surface area contributed by atoms with Gasteiger partial charge in [-0.1, -0.05) is 18.2 Å². The lowest BCUT2D eigenvalue weighted by molar-refractivity contribution is 0.402. The second-order valence-corrected chi connectivity index (χ2v) is 5.36. The first-order valence-corrected chi connectivity index (χ1v) is 7.05. The molecule has 0 saturated carbocycles. The molecule has 1 atom stereocenters. The van der Waals surface area contributed by atoms with E-state index in [4.69, 9.17) is 4.74 Å². The third-order valence-corrected chi connectivity index (χ3v) is 3.85. The Morgan fingerprint density at radius 3 is 2.58 bits per heavy atom. The number of methoxy groups -OCH3 is 1. The highest BCUT2D eigenvalue weighted by Gasteiger charge is 2.16.